The Morgan fingerprint density at radius 3 is 2.38 bits per heavy atom. The lowest BCUT2D eigenvalue weighted by atomic mass is 10.00. The Morgan fingerprint density at radius 1 is 1.06 bits per heavy atom. The molecule has 0 saturated heterocycles. The van der Waals surface area contributed by atoms with E-state index < -0.39 is 0 Å². The number of hydrogen-bond acceptors (Lipinski definition) is 5. The largest absolute Gasteiger partial charge is 0.368 e. The summed E-state index contributed by atoms with van der Waals surface area (Å²) in [5.41, 5.74) is 5.71. The van der Waals surface area contributed by atoms with Crippen molar-refractivity contribution in [1.82, 2.24) is 15.0 Å². The first-order chi connectivity index (χ1) is 7.79. The number of thioether (sulfide) groups is 1. The van der Waals surface area contributed by atoms with E-state index in [2.05, 4.69) is 15.0 Å². The van der Waals surface area contributed by atoms with E-state index in [-0.39, 0.29) is 0 Å². The van der Waals surface area contributed by atoms with Crippen molar-refractivity contribution in [3.8, 4) is 0 Å². The van der Waals surface area contributed by atoms with Crippen LogP contribution in [0.3, 0.4) is 0 Å². The van der Waals surface area contributed by atoms with Crippen LogP contribution in [0.4, 0.5) is 5.95 Å². The van der Waals surface area contributed by atoms with E-state index in [0.717, 1.165) is 11.0 Å². The van der Waals surface area contributed by atoms with Gasteiger partial charge in [0.1, 0.15) is 5.82 Å². The lowest BCUT2D eigenvalue weighted by Gasteiger charge is -2.12. The highest BCUT2D eigenvalue weighted by atomic mass is 32.2. The molecule has 0 radical (unpaired) electrons. The predicted octanol–water partition coefficient (Wildman–Crippen LogP) is 2.61. The van der Waals surface area contributed by atoms with Gasteiger partial charge >= 0.3 is 0 Å². The second-order valence-electron chi connectivity index (χ2n) is 4.23. The first kappa shape index (κ1) is 11.6. The lowest BCUT2D eigenvalue weighted by Crippen LogP contribution is -2.09. The maximum absolute atomic E-state index is 5.71. The van der Waals surface area contributed by atoms with Crippen LogP contribution in [0.15, 0.2) is 5.16 Å². The minimum absolute atomic E-state index is 0.360. The first-order valence-corrected chi connectivity index (χ1v) is 7.07. The average Bonchev–Trinajstić information content (AvgIpc) is 2.56. The minimum Gasteiger partial charge on any atom is -0.368 e. The molecule has 0 amide bonds. The second kappa shape index (κ2) is 5.48. The summed E-state index contributed by atoms with van der Waals surface area (Å²) in [6.07, 6.45) is 9.59. The molecule has 0 aliphatic heterocycles. The monoisotopic (exact) mass is 238 g/mol. The van der Waals surface area contributed by atoms with E-state index in [1.54, 1.807) is 0 Å². The van der Waals surface area contributed by atoms with Crippen LogP contribution in [0.1, 0.15) is 50.3 Å². The molecule has 1 aliphatic rings. The van der Waals surface area contributed by atoms with Crippen molar-refractivity contribution >= 4 is 17.7 Å². The van der Waals surface area contributed by atoms with Crippen LogP contribution in [0.2, 0.25) is 0 Å². The molecule has 0 bridgehead atoms. The summed E-state index contributed by atoms with van der Waals surface area (Å²) < 4.78 is 0. The zero-order valence-corrected chi connectivity index (χ0v) is 10.5. The van der Waals surface area contributed by atoms with Gasteiger partial charge in [-0.3, -0.25) is 0 Å². The van der Waals surface area contributed by atoms with Gasteiger partial charge in [0, 0.05) is 5.92 Å². The fraction of sp³-hybridized carbons (Fsp3) is 0.727. The van der Waals surface area contributed by atoms with Gasteiger partial charge in [-0.1, -0.05) is 37.4 Å². The van der Waals surface area contributed by atoms with Crippen LogP contribution in [0.25, 0.3) is 0 Å². The van der Waals surface area contributed by atoms with Crippen molar-refractivity contribution in [2.24, 2.45) is 0 Å². The van der Waals surface area contributed by atoms with E-state index in [4.69, 9.17) is 5.73 Å². The van der Waals surface area contributed by atoms with Gasteiger partial charge in [-0.2, -0.15) is 9.97 Å². The standard InChI is InChI=1S/C11H18N4S/c1-16-11-14-9(13-10(12)15-11)8-6-4-2-3-5-7-8/h8H,2-7H2,1H3,(H2,12,13,14,15). The van der Waals surface area contributed by atoms with Crippen molar-refractivity contribution in [3.05, 3.63) is 5.82 Å². The molecule has 2 rings (SSSR count). The number of anilines is 1. The van der Waals surface area contributed by atoms with Crippen LogP contribution in [0, 0.1) is 0 Å². The average molecular weight is 238 g/mol. The molecule has 1 saturated carbocycles. The maximum atomic E-state index is 5.71. The third-order valence-electron chi connectivity index (χ3n) is 3.05. The van der Waals surface area contributed by atoms with Crippen molar-refractivity contribution in [3.63, 3.8) is 0 Å². The summed E-state index contributed by atoms with van der Waals surface area (Å²) >= 11 is 1.52. The Balaban J connectivity index is 2.20. The zero-order chi connectivity index (χ0) is 11.4. The molecule has 0 atom stereocenters. The highest BCUT2D eigenvalue weighted by Crippen LogP contribution is 2.30. The zero-order valence-electron chi connectivity index (χ0n) is 9.65. The normalized spacial score (nSPS) is 18.3. The molecule has 4 nitrogen and oxygen atoms in total. The molecular formula is C11H18N4S. The molecule has 1 heterocycles. The molecule has 1 aromatic rings. The van der Waals surface area contributed by atoms with E-state index >= 15 is 0 Å². The lowest BCUT2D eigenvalue weighted by molar-refractivity contribution is 0.551. The summed E-state index contributed by atoms with van der Waals surface area (Å²) in [5.74, 6) is 1.75. The van der Waals surface area contributed by atoms with Crippen molar-refractivity contribution in [1.29, 1.82) is 0 Å². The fourth-order valence-corrected chi connectivity index (χ4v) is 2.57. The molecule has 1 aromatic heterocycles. The maximum Gasteiger partial charge on any atom is 0.224 e. The molecule has 16 heavy (non-hydrogen) atoms. The second-order valence-corrected chi connectivity index (χ2v) is 5.00. The van der Waals surface area contributed by atoms with E-state index in [1.165, 1.54) is 50.3 Å². The van der Waals surface area contributed by atoms with Gasteiger partial charge in [0.15, 0.2) is 5.16 Å². The van der Waals surface area contributed by atoms with E-state index in [9.17, 15) is 0 Å². The third kappa shape index (κ3) is 2.84. The minimum atomic E-state index is 0.360. The molecule has 0 spiro atoms. The predicted molar refractivity (Wildman–Crippen MR) is 66.5 cm³/mol. The van der Waals surface area contributed by atoms with E-state index in [0.29, 0.717) is 11.9 Å². The molecule has 2 N–H and O–H groups in total. The fourth-order valence-electron chi connectivity index (χ4n) is 2.20. The van der Waals surface area contributed by atoms with Gasteiger partial charge in [-0.05, 0) is 19.1 Å². The Labute approximate surface area is 100 Å². The van der Waals surface area contributed by atoms with Crippen molar-refractivity contribution in [2.75, 3.05) is 12.0 Å². The van der Waals surface area contributed by atoms with Crippen LogP contribution in [-0.2, 0) is 0 Å². The van der Waals surface area contributed by atoms with Gasteiger partial charge in [0.25, 0.3) is 0 Å². The molecule has 0 aromatic carbocycles. The Hall–Kier alpha value is -0.840. The summed E-state index contributed by atoms with van der Waals surface area (Å²) in [6, 6.07) is 0. The molecular weight excluding hydrogens is 220 g/mol. The molecule has 5 heteroatoms. The SMILES string of the molecule is CSc1nc(N)nc(C2CCCCCC2)n1. The van der Waals surface area contributed by atoms with Crippen molar-refractivity contribution in [2.45, 2.75) is 49.6 Å². The van der Waals surface area contributed by atoms with Gasteiger partial charge in [-0.25, -0.2) is 4.98 Å². The van der Waals surface area contributed by atoms with Gasteiger partial charge < -0.3 is 5.73 Å². The molecule has 0 unspecified atom stereocenters. The smallest absolute Gasteiger partial charge is 0.224 e. The van der Waals surface area contributed by atoms with Crippen molar-refractivity contribution < 1.29 is 0 Å². The number of hydrogen-bond donors (Lipinski definition) is 1. The summed E-state index contributed by atoms with van der Waals surface area (Å²) in [6.45, 7) is 0. The topological polar surface area (TPSA) is 64.7 Å². The highest BCUT2D eigenvalue weighted by molar-refractivity contribution is 7.98. The van der Waals surface area contributed by atoms with E-state index in [1.807, 2.05) is 6.26 Å². The number of rotatable bonds is 2. The van der Waals surface area contributed by atoms with Gasteiger partial charge in [-0.15, -0.1) is 0 Å². The Morgan fingerprint density at radius 2 is 1.75 bits per heavy atom. The summed E-state index contributed by atoms with van der Waals surface area (Å²) in [4.78, 5) is 12.9. The van der Waals surface area contributed by atoms with Gasteiger partial charge in [0.05, 0.1) is 0 Å². The third-order valence-corrected chi connectivity index (χ3v) is 3.60. The van der Waals surface area contributed by atoms with Crippen LogP contribution in [0.5, 0.6) is 0 Å². The molecule has 1 aliphatic carbocycles. The Kier molecular flexibility index (Phi) is 3.98. The Bertz CT molecular complexity index is 348. The van der Waals surface area contributed by atoms with Crippen LogP contribution >= 0.6 is 11.8 Å². The first-order valence-electron chi connectivity index (χ1n) is 5.85. The van der Waals surface area contributed by atoms with Crippen LogP contribution in [-0.4, -0.2) is 21.2 Å². The quantitative estimate of drug-likeness (QED) is 0.633. The van der Waals surface area contributed by atoms with Crippen LogP contribution < -0.4 is 5.73 Å². The van der Waals surface area contributed by atoms with Gasteiger partial charge in [0.2, 0.25) is 5.95 Å². The summed E-state index contributed by atoms with van der Waals surface area (Å²) in [7, 11) is 0. The number of nitrogens with zero attached hydrogens (tertiary/aromatic N) is 3. The number of aromatic nitrogens is 3. The molecule has 88 valence electrons. The molecule has 1 fully saturated rings. The highest BCUT2D eigenvalue weighted by Gasteiger charge is 2.18. The number of nitrogens with two attached hydrogens (primary N) is 1. The summed E-state index contributed by atoms with van der Waals surface area (Å²) in [5, 5.41) is 0.742. The number of nitrogen functional groups attached to an aromatic ring is 1.